The molecule has 5 heterocycles. The molecule has 256 valence electrons. The normalized spacial score (nSPS) is 19.3. The molecule has 0 bridgehead atoms. The van der Waals surface area contributed by atoms with Crippen LogP contribution in [0.15, 0.2) is 82.6 Å². The number of nitrogens with zero attached hydrogens (tertiary/aromatic N) is 6. The summed E-state index contributed by atoms with van der Waals surface area (Å²) in [5.41, 5.74) is 2.01. The summed E-state index contributed by atoms with van der Waals surface area (Å²) in [7, 11) is 1.28. The molecule has 2 atom stereocenters. The molecule has 0 aliphatic carbocycles. The van der Waals surface area contributed by atoms with Crippen molar-refractivity contribution in [3.63, 3.8) is 0 Å². The van der Waals surface area contributed by atoms with Gasteiger partial charge in [-0.05, 0) is 42.5 Å². The predicted molar refractivity (Wildman–Crippen MR) is 181 cm³/mol. The molecule has 16 heteroatoms. The standard InChI is InChI=1S/C34H28ClF2N7O5S/c1-49-33(47)28-27(40-30(31-38-8-11-50-31)41-29(28)22-6-3-19(36)13-24(22)35)17-42-9-10-43-21(15-42)16-44(34(43)48)20-4-7-26(39-14-20)23-5-2-18(32(45)46)12-25(23)37/h2-8,11-14,21,29H,9-10,15-17H2,1H3,(H,40,41)(H,45,46)/t21-,29-/m0/s1. The SMILES string of the molecule is COC(=O)C1=C(CN2CCN3C(=O)N(c4ccc(-c5ccc(C(=O)O)cc5F)nc4)C[C@@H]3C2)NC(c2nccs2)=N[C@H]1c1ccc(F)cc1Cl. The van der Waals surface area contributed by atoms with E-state index >= 15 is 0 Å². The van der Waals surface area contributed by atoms with Crippen molar-refractivity contribution < 1.29 is 33.0 Å². The number of aromatic carboxylic acids is 1. The summed E-state index contributed by atoms with van der Waals surface area (Å²) >= 11 is 7.84. The van der Waals surface area contributed by atoms with Crippen LogP contribution in [0.5, 0.6) is 0 Å². The number of amidine groups is 1. The highest BCUT2D eigenvalue weighted by molar-refractivity contribution is 7.11. The van der Waals surface area contributed by atoms with Crippen molar-refractivity contribution in [3.8, 4) is 11.3 Å². The molecule has 0 radical (unpaired) electrons. The Balaban J connectivity index is 1.12. The third kappa shape index (κ3) is 6.30. The van der Waals surface area contributed by atoms with E-state index in [9.17, 15) is 23.2 Å². The Bertz CT molecular complexity index is 2060. The second-order valence-electron chi connectivity index (χ2n) is 11.8. The first-order valence-corrected chi connectivity index (χ1v) is 16.7. The van der Waals surface area contributed by atoms with E-state index in [2.05, 4.69) is 20.2 Å². The number of carbonyl (C=O) groups is 3. The minimum atomic E-state index is -1.23. The van der Waals surface area contributed by atoms with Crippen LogP contribution in [0, 0.1) is 11.6 Å². The number of urea groups is 1. The number of benzene rings is 2. The second-order valence-corrected chi connectivity index (χ2v) is 13.1. The first-order valence-electron chi connectivity index (χ1n) is 15.4. The molecule has 2 saturated heterocycles. The lowest BCUT2D eigenvalue weighted by Crippen LogP contribution is -2.53. The number of anilines is 1. The molecular formula is C34H28ClF2N7O5S. The number of carboxylic acid groups (broad SMARTS) is 1. The summed E-state index contributed by atoms with van der Waals surface area (Å²) in [6.07, 6.45) is 3.14. The molecule has 2 amide bonds. The molecule has 50 heavy (non-hydrogen) atoms. The maximum atomic E-state index is 14.6. The predicted octanol–water partition coefficient (Wildman–Crippen LogP) is 4.98. The summed E-state index contributed by atoms with van der Waals surface area (Å²) in [5.74, 6) is -2.65. The highest BCUT2D eigenvalue weighted by Crippen LogP contribution is 2.37. The van der Waals surface area contributed by atoms with Gasteiger partial charge in [0.05, 0.1) is 41.9 Å². The van der Waals surface area contributed by atoms with Crippen LogP contribution in [0.4, 0.5) is 19.3 Å². The highest BCUT2D eigenvalue weighted by Gasteiger charge is 2.42. The molecule has 12 nitrogen and oxygen atoms in total. The van der Waals surface area contributed by atoms with Crippen molar-refractivity contribution in [1.82, 2.24) is 25.1 Å². The number of fused-ring (bicyclic) bond motifs is 1. The Morgan fingerprint density at radius 2 is 1.94 bits per heavy atom. The number of hydrogen-bond acceptors (Lipinski definition) is 10. The Morgan fingerprint density at radius 3 is 2.62 bits per heavy atom. The summed E-state index contributed by atoms with van der Waals surface area (Å²) in [6, 6.07) is 9.56. The number of esters is 1. The fraction of sp³-hybridized carbons (Fsp3) is 0.235. The number of pyridine rings is 1. The van der Waals surface area contributed by atoms with Gasteiger partial charge in [-0.1, -0.05) is 17.7 Å². The number of hydrogen-bond donors (Lipinski definition) is 2. The monoisotopic (exact) mass is 719 g/mol. The topological polar surface area (TPSA) is 141 Å². The summed E-state index contributed by atoms with van der Waals surface area (Å²) in [5, 5.41) is 14.9. The average Bonchev–Trinajstić information content (AvgIpc) is 3.76. The number of carboxylic acids is 1. The van der Waals surface area contributed by atoms with Gasteiger partial charge in [-0.25, -0.2) is 28.1 Å². The third-order valence-corrected chi connectivity index (χ3v) is 9.90. The van der Waals surface area contributed by atoms with Crippen LogP contribution in [0.25, 0.3) is 11.3 Å². The van der Waals surface area contributed by atoms with Crippen molar-refractivity contribution in [2.45, 2.75) is 12.1 Å². The number of methoxy groups -OCH3 is 1. The summed E-state index contributed by atoms with van der Waals surface area (Å²) in [6.45, 7) is 2.07. The Morgan fingerprint density at radius 1 is 1.10 bits per heavy atom. The summed E-state index contributed by atoms with van der Waals surface area (Å²) < 4.78 is 33.8. The lowest BCUT2D eigenvalue weighted by Gasteiger charge is -2.38. The van der Waals surface area contributed by atoms with Gasteiger partial charge in [-0.3, -0.25) is 19.8 Å². The number of nitrogens with one attached hydrogen (secondary N) is 1. The van der Waals surface area contributed by atoms with Crippen molar-refractivity contribution in [2.75, 3.05) is 44.7 Å². The van der Waals surface area contributed by atoms with Crippen LogP contribution >= 0.6 is 22.9 Å². The Labute approximate surface area is 293 Å². The van der Waals surface area contributed by atoms with Crippen molar-refractivity contribution >= 4 is 52.4 Å². The number of aromatic nitrogens is 2. The second kappa shape index (κ2) is 13.6. The van der Waals surface area contributed by atoms with Gasteiger partial charge in [0.2, 0.25) is 0 Å². The molecule has 0 spiro atoms. The van der Waals surface area contributed by atoms with Gasteiger partial charge in [0.1, 0.15) is 17.7 Å². The number of amides is 2. The Kier molecular flexibility index (Phi) is 9.03. The molecule has 2 aromatic carbocycles. The molecule has 7 rings (SSSR count). The van der Waals surface area contributed by atoms with Crippen LogP contribution in [-0.2, 0) is 9.53 Å². The molecule has 2 N–H and O–H groups in total. The molecule has 2 fully saturated rings. The molecule has 0 saturated carbocycles. The van der Waals surface area contributed by atoms with Gasteiger partial charge < -0.3 is 20.1 Å². The zero-order valence-corrected chi connectivity index (χ0v) is 27.9. The smallest absolute Gasteiger partial charge is 0.338 e. The van der Waals surface area contributed by atoms with Crippen LogP contribution in [0.2, 0.25) is 5.02 Å². The van der Waals surface area contributed by atoms with Crippen molar-refractivity contribution in [2.24, 2.45) is 4.99 Å². The Hall–Kier alpha value is -5.25. The number of carbonyl (C=O) groups excluding carboxylic acids is 2. The largest absolute Gasteiger partial charge is 0.478 e. The number of aliphatic imine (C=N–C) groups is 1. The average molecular weight is 720 g/mol. The zero-order valence-electron chi connectivity index (χ0n) is 26.3. The first kappa shape index (κ1) is 33.3. The molecule has 0 unspecified atom stereocenters. The highest BCUT2D eigenvalue weighted by atomic mass is 35.5. The molecule has 4 aromatic rings. The number of rotatable bonds is 8. The third-order valence-electron chi connectivity index (χ3n) is 8.79. The fourth-order valence-corrected chi connectivity index (χ4v) is 7.24. The fourth-order valence-electron chi connectivity index (χ4n) is 6.38. The zero-order chi connectivity index (χ0) is 35.1. The minimum absolute atomic E-state index is 0.113. The van der Waals surface area contributed by atoms with E-state index in [1.165, 1.54) is 55.0 Å². The van der Waals surface area contributed by atoms with Gasteiger partial charge in [0.15, 0.2) is 10.8 Å². The van der Waals surface area contributed by atoms with E-state index in [4.69, 9.17) is 26.4 Å². The number of piperazine rings is 1. The van der Waals surface area contributed by atoms with E-state index in [1.807, 2.05) is 0 Å². The van der Waals surface area contributed by atoms with E-state index in [0.29, 0.717) is 59.7 Å². The van der Waals surface area contributed by atoms with Crippen LogP contribution < -0.4 is 10.2 Å². The van der Waals surface area contributed by atoms with Crippen molar-refractivity contribution in [3.05, 3.63) is 110 Å². The molecular weight excluding hydrogens is 692 g/mol. The van der Waals surface area contributed by atoms with Gasteiger partial charge in [-0.2, -0.15) is 0 Å². The van der Waals surface area contributed by atoms with E-state index in [-0.39, 0.29) is 40.3 Å². The maximum Gasteiger partial charge on any atom is 0.338 e. The molecule has 3 aliphatic heterocycles. The van der Waals surface area contributed by atoms with Crippen LogP contribution in [0.3, 0.4) is 0 Å². The molecule has 2 aromatic heterocycles. The maximum absolute atomic E-state index is 14.6. The first-order chi connectivity index (χ1) is 24.1. The van der Waals surface area contributed by atoms with Crippen molar-refractivity contribution in [1.29, 1.82) is 0 Å². The summed E-state index contributed by atoms with van der Waals surface area (Å²) in [4.78, 5) is 57.1. The lowest BCUT2D eigenvalue weighted by molar-refractivity contribution is -0.136. The van der Waals surface area contributed by atoms with Crippen LogP contribution in [0.1, 0.15) is 27.0 Å². The van der Waals surface area contributed by atoms with E-state index in [1.54, 1.807) is 33.5 Å². The van der Waals surface area contributed by atoms with Gasteiger partial charge in [0.25, 0.3) is 0 Å². The molecule has 3 aliphatic rings. The van der Waals surface area contributed by atoms with Gasteiger partial charge >= 0.3 is 18.0 Å². The quantitative estimate of drug-likeness (QED) is 0.241. The number of halogens is 3. The van der Waals surface area contributed by atoms with E-state index < -0.39 is 29.6 Å². The lowest BCUT2D eigenvalue weighted by atomic mass is 9.95. The van der Waals surface area contributed by atoms with Gasteiger partial charge in [-0.15, -0.1) is 11.3 Å². The number of thiazole rings is 1. The number of ether oxygens (including phenoxy) is 1. The minimum Gasteiger partial charge on any atom is -0.478 e. The van der Waals surface area contributed by atoms with Gasteiger partial charge in [0, 0.05) is 66.1 Å². The van der Waals surface area contributed by atoms with E-state index in [0.717, 1.165) is 6.07 Å². The van der Waals surface area contributed by atoms with Crippen LogP contribution in [-0.4, -0.2) is 94.6 Å².